The van der Waals surface area contributed by atoms with E-state index in [9.17, 15) is 9.50 Å². The van der Waals surface area contributed by atoms with Crippen molar-refractivity contribution in [2.75, 3.05) is 36.0 Å². The zero-order chi connectivity index (χ0) is 14.7. The molecule has 3 rings (SSSR count). The zero-order valence-corrected chi connectivity index (χ0v) is 11.7. The van der Waals surface area contributed by atoms with Gasteiger partial charge in [0.15, 0.2) is 0 Å². The van der Waals surface area contributed by atoms with E-state index in [2.05, 4.69) is 14.8 Å². The number of aromatic nitrogens is 1. The quantitative estimate of drug-likeness (QED) is 0.938. The lowest BCUT2D eigenvalue weighted by Crippen LogP contribution is -2.47. The highest BCUT2D eigenvalue weighted by molar-refractivity contribution is 5.51. The maximum Gasteiger partial charge on any atom is 0.134 e. The molecule has 0 bridgehead atoms. The summed E-state index contributed by atoms with van der Waals surface area (Å²) in [6, 6.07) is 10.3. The van der Waals surface area contributed by atoms with Crippen LogP contribution in [0.25, 0.3) is 0 Å². The molecule has 0 atom stereocenters. The van der Waals surface area contributed by atoms with Crippen molar-refractivity contribution in [3.63, 3.8) is 0 Å². The Morgan fingerprint density at radius 3 is 2.33 bits per heavy atom. The first-order valence-corrected chi connectivity index (χ1v) is 7.08. The Labute approximate surface area is 123 Å². The van der Waals surface area contributed by atoms with E-state index in [-0.39, 0.29) is 12.4 Å². The summed E-state index contributed by atoms with van der Waals surface area (Å²) in [7, 11) is 0. The average Bonchev–Trinajstić information content (AvgIpc) is 2.56. The Morgan fingerprint density at radius 2 is 1.67 bits per heavy atom. The van der Waals surface area contributed by atoms with Crippen LogP contribution >= 0.6 is 0 Å². The molecule has 0 aliphatic carbocycles. The number of hydrogen-bond donors (Lipinski definition) is 1. The molecule has 1 aliphatic heterocycles. The SMILES string of the molecule is OCc1cccnc1N1CCN(c2ccc(F)cc2)CC1. The van der Waals surface area contributed by atoms with Gasteiger partial charge in [-0.25, -0.2) is 9.37 Å². The van der Waals surface area contributed by atoms with Gasteiger partial charge < -0.3 is 14.9 Å². The van der Waals surface area contributed by atoms with Gasteiger partial charge >= 0.3 is 0 Å². The first kappa shape index (κ1) is 13.8. The molecule has 0 spiro atoms. The molecule has 4 nitrogen and oxygen atoms in total. The number of halogens is 1. The third-order valence-corrected chi connectivity index (χ3v) is 3.81. The molecule has 21 heavy (non-hydrogen) atoms. The normalized spacial score (nSPS) is 15.3. The summed E-state index contributed by atoms with van der Waals surface area (Å²) in [5.41, 5.74) is 1.90. The molecule has 1 N–H and O–H groups in total. The van der Waals surface area contributed by atoms with Gasteiger partial charge in [0, 0.05) is 43.6 Å². The van der Waals surface area contributed by atoms with Crippen molar-refractivity contribution in [1.29, 1.82) is 0 Å². The van der Waals surface area contributed by atoms with Crippen LogP contribution in [0.1, 0.15) is 5.56 Å². The van der Waals surface area contributed by atoms with Crippen LogP contribution in [0.4, 0.5) is 15.9 Å². The van der Waals surface area contributed by atoms with Crippen molar-refractivity contribution in [1.82, 2.24) is 4.98 Å². The Balaban J connectivity index is 1.69. The fourth-order valence-corrected chi connectivity index (χ4v) is 2.67. The fourth-order valence-electron chi connectivity index (χ4n) is 2.67. The Hall–Kier alpha value is -2.14. The van der Waals surface area contributed by atoms with Crippen LogP contribution in [-0.2, 0) is 6.61 Å². The second-order valence-electron chi connectivity index (χ2n) is 5.09. The first-order valence-electron chi connectivity index (χ1n) is 7.08. The van der Waals surface area contributed by atoms with Gasteiger partial charge in [-0.1, -0.05) is 6.07 Å². The molecule has 1 aromatic carbocycles. The number of hydrogen-bond acceptors (Lipinski definition) is 4. The molecule has 2 heterocycles. The van der Waals surface area contributed by atoms with Gasteiger partial charge in [0.1, 0.15) is 11.6 Å². The van der Waals surface area contributed by atoms with E-state index in [1.54, 1.807) is 6.20 Å². The number of piperazine rings is 1. The van der Waals surface area contributed by atoms with Gasteiger partial charge in [-0.15, -0.1) is 0 Å². The third-order valence-electron chi connectivity index (χ3n) is 3.81. The summed E-state index contributed by atoms with van der Waals surface area (Å²) in [5.74, 6) is 0.650. The topological polar surface area (TPSA) is 39.6 Å². The number of pyridine rings is 1. The van der Waals surface area contributed by atoms with Crippen molar-refractivity contribution in [2.45, 2.75) is 6.61 Å². The Morgan fingerprint density at radius 1 is 1.00 bits per heavy atom. The van der Waals surface area contributed by atoms with Crippen molar-refractivity contribution < 1.29 is 9.50 Å². The molecule has 110 valence electrons. The van der Waals surface area contributed by atoms with Crippen LogP contribution in [0.2, 0.25) is 0 Å². The van der Waals surface area contributed by atoms with Crippen LogP contribution in [0, 0.1) is 5.82 Å². The van der Waals surface area contributed by atoms with Crippen LogP contribution in [0.5, 0.6) is 0 Å². The number of rotatable bonds is 3. The second kappa shape index (κ2) is 6.10. The van der Waals surface area contributed by atoms with E-state index in [0.717, 1.165) is 43.2 Å². The van der Waals surface area contributed by atoms with E-state index in [4.69, 9.17) is 0 Å². The monoisotopic (exact) mass is 287 g/mol. The largest absolute Gasteiger partial charge is 0.392 e. The summed E-state index contributed by atoms with van der Waals surface area (Å²) in [6.45, 7) is 3.38. The molecule has 1 saturated heterocycles. The Bertz CT molecular complexity index is 595. The molecule has 0 saturated carbocycles. The fraction of sp³-hybridized carbons (Fsp3) is 0.312. The standard InChI is InChI=1S/C16H18FN3O/c17-14-3-5-15(6-4-14)19-8-10-20(11-9-19)16-13(12-21)2-1-7-18-16/h1-7,21H,8-12H2. The highest BCUT2D eigenvalue weighted by Crippen LogP contribution is 2.22. The summed E-state index contributed by atoms with van der Waals surface area (Å²) in [6.07, 6.45) is 1.75. The molecular formula is C16H18FN3O. The molecule has 1 aliphatic rings. The van der Waals surface area contributed by atoms with Crippen molar-refractivity contribution >= 4 is 11.5 Å². The lowest BCUT2D eigenvalue weighted by molar-refractivity contribution is 0.281. The summed E-state index contributed by atoms with van der Waals surface area (Å²) >= 11 is 0. The predicted molar refractivity (Wildman–Crippen MR) is 81.0 cm³/mol. The van der Waals surface area contributed by atoms with Crippen molar-refractivity contribution in [3.8, 4) is 0 Å². The molecule has 0 amide bonds. The van der Waals surface area contributed by atoms with E-state index in [1.165, 1.54) is 12.1 Å². The van der Waals surface area contributed by atoms with Gasteiger partial charge in [0.05, 0.1) is 6.61 Å². The minimum atomic E-state index is -0.210. The molecule has 0 radical (unpaired) electrons. The molecule has 1 fully saturated rings. The minimum absolute atomic E-state index is 0.00134. The van der Waals surface area contributed by atoms with Gasteiger partial charge in [-0.2, -0.15) is 0 Å². The second-order valence-corrected chi connectivity index (χ2v) is 5.09. The van der Waals surface area contributed by atoms with Gasteiger partial charge in [-0.05, 0) is 30.3 Å². The number of benzene rings is 1. The summed E-state index contributed by atoms with van der Waals surface area (Å²) in [5, 5.41) is 9.39. The smallest absolute Gasteiger partial charge is 0.134 e. The number of nitrogens with zero attached hydrogens (tertiary/aromatic N) is 3. The summed E-state index contributed by atoms with van der Waals surface area (Å²) < 4.78 is 13.0. The van der Waals surface area contributed by atoms with Crippen LogP contribution in [0.15, 0.2) is 42.6 Å². The van der Waals surface area contributed by atoms with E-state index in [0.29, 0.717) is 0 Å². The number of aliphatic hydroxyl groups is 1. The molecule has 2 aromatic rings. The maximum absolute atomic E-state index is 13.0. The molecule has 0 unspecified atom stereocenters. The minimum Gasteiger partial charge on any atom is -0.392 e. The summed E-state index contributed by atoms with van der Waals surface area (Å²) in [4.78, 5) is 8.80. The van der Waals surface area contributed by atoms with Crippen LogP contribution in [0.3, 0.4) is 0 Å². The predicted octanol–water partition coefficient (Wildman–Crippen LogP) is 2.04. The lowest BCUT2D eigenvalue weighted by atomic mass is 10.2. The first-order chi connectivity index (χ1) is 10.3. The number of anilines is 2. The average molecular weight is 287 g/mol. The Kier molecular flexibility index (Phi) is 4.01. The van der Waals surface area contributed by atoms with Crippen molar-refractivity contribution in [3.05, 3.63) is 54.0 Å². The molecular weight excluding hydrogens is 269 g/mol. The third kappa shape index (κ3) is 2.97. The van der Waals surface area contributed by atoms with E-state index in [1.807, 2.05) is 24.3 Å². The maximum atomic E-state index is 13.0. The number of aliphatic hydroxyl groups excluding tert-OH is 1. The van der Waals surface area contributed by atoms with Crippen molar-refractivity contribution in [2.24, 2.45) is 0 Å². The van der Waals surface area contributed by atoms with Crippen LogP contribution in [-0.4, -0.2) is 36.3 Å². The lowest BCUT2D eigenvalue weighted by Gasteiger charge is -2.37. The van der Waals surface area contributed by atoms with Gasteiger partial charge in [0.2, 0.25) is 0 Å². The van der Waals surface area contributed by atoms with Gasteiger partial charge in [0.25, 0.3) is 0 Å². The van der Waals surface area contributed by atoms with E-state index < -0.39 is 0 Å². The molecule has 1 aromatic heterocycles. The van der Waals surface area contributed by atoms with E-state index >= 15 is 0 Å². The highest BCUT2D eigenvalue weighted by Gasteiger charge is 2.20. The van der Waals surface area contributed by atoms with Crippen LogP contribution < -0.4 is 9.80 Å². The highest BCUT2D eigenvalue weighted by atomic mass is 19.1. The zero-order valence-electron chi connectivity index (χ0n) is 11.7. The molecule has 5 heteroatoms. The van der Waals surface area contributed by atoms with Gasteiger partial charge in [-0.3, -0.25) is 0 Å².